The molecular formula is C14H14N2O2. The number of aromatic amines is 1. The van der Waals surface area contributed by atoms with Crippen LogP contribution < -0.4 is 9.47 Å². The monoisotopic (exact) mass is 242 g/mol. The lowest BCUT2D eigenvalue weighted by Gasteiger charge is -2.06. The quantitative estimate of drug-likeness (QED) is 0.751. The smallest absolute Gasteiger partial charge is 0.162 e. The second-order valence-corrected chi connectivity index (χ2v) is 4.20. The van der Waals surface area contributed by atoms with Crippen LogP contribution in [0.4, 0.5) is 0 Å². The molecule has 4 heteroatoms. The number of hydrogen-bond donors (Lipinski definition) is 1. The SMILES string of the molecule is COc1cc2[nH]c3c(C)nccc3c2cc1OC. The molecule has 0 saturated carbocycles. The summed E-state index contributed by atoms with van der Waals surface area (Å²) >= 11 is 0. The van der Waals surface area contributed by atoms with Crippen molar-refractivity contribution in [3.05, 3.63) is 30.1 Å². The number of rotatable bonds is 2. The molecule has 2 heterocycles. The van der Waals surface area contributed by atoms with Crippen LogP contribution in [0.3, 0.4) is 0 Å². The van der Waals surface area contributed by atoms with Crippen LogP contribution in [0.5, 0.6) is 11.5 Å². The van der Waals surface area contributed by atoms with Crippen LogP contribution in [0.2, 0.25) is 0 Å². The van der Waals surface area contributed by atoms with Crippen molar-refractivity contribution in [1.82, 2.24) is 9.97 Å². The Kier molecular flexibility index (Phi) is 2.37. The Balaban J connectivity index is 2.44. The Labute approximate surface area is 105 Å². The van der Waals surface area contributed by atoms with Gasteiger partial charge in [0.2, 0.25) is 0 Å². The molecule has 4 nitrogen and oxygen atoms in total. The van der Waals surface area contributed by atoms with E-state index in [0.29, 0.717) is 0 Å². The third-order valence-electron chi connectivity index (χ3n) is 3.21. The number of methoxy groups -OCH3 is 2. The van der Waals surface area contributed by atoms with Gasteiger partial charge in [0, 0.05) is 23.0 Å². The zero-order valence-electron chi connectivity index (χ0n) is 10.6. The standard InChI is InChI=1S/C14H14N2O2/c1-8-14-9(4-5-15-8)10-6-12(17-2)13(18-3)7-11(10)16-14/h4-7,16H,1-3H3. The van der Waals surface area contributed by atoms with Gasteiger partial charge in [-0.3, -0.25) is 4.98 Å². The number of nitrogens with one attached hydrogen (secondary N) is 1. The number of nitrogens with zero attached hydrogens (tertiary/aromatic N) is 1. The maximum atomic E-state index is 5.34. The summed E-state index contributed by atoms with van der Waals surface area (Å²) in [7, 11) is 3.28. The van der Waals surface area contributed by atoms with Gasteiger partial charge in [-0.05, 0) is 19.1 Å². The van der Waals surface area contributed by atoms with Gasteiger partial charge in [-0.1, -0.05) is 0 Å². The number of H-pyrrole nitrogens is 1. The van der Waals surface area contributed by atoms with Crippen molar-refractivity contribution >= 4 is 21.8 Å². The lowest BCUT2D eigenvalue weighted by molar-refractivity contribution is 0.356. The molecule has 0 unspecified atom stereocenters. The van der Waals surface area contributed by atoms with Gasteiger partial charge in [0.05, 0.1) is 30.9 Å². The highest BCUT2D eigenvalue weighted by Crippen LogP contribution is 2.35. The summed E-state index contributed by atoms with van der Waals surface area (Å²) in [6, 6.07) is 5.95. The highest BCUT2D eigenvalue weighted by atomic mass is 16.5. The predicted molar refractivity (Wildman–Crippen MR) is 71.4 cm³/mol. The second-order valence-electron chi connectivity index (χ2n) is 4.20. The van der Waals surface area contributed by atoms with Crippen LogP contribution in [0, 0.1) is 6.92 Å². The van der Waals surface area contributed by atoms with E-state index in [2.05, 4.69) is 9.97 Å². The predicted octanol–water partition coefficient (Wildman–Crippen LogP) is 3.04. The fourth-order valence-corrected chi connectivity index (χ4v) is 2.29. The first kappa shape index (κ1) is 10.9. The Morgan fingerprint density at radius 1 is 1.06 bits per heavy atom. The van der Waals surface area contributed by atoms with Gasteiger partial charge >= 0.3 is 0 Å². The molecule has 3 aromatic rings. The average molecular weight is 242 g/mol. The maximum absolute atomic E-state index is 5.34. The van der Waals surface area contributed by atoms with Crippen LogP contribution >= 0.6 is 0 Å². The average Bonchev–Trinajstić information content (AvgIpc) is 2.76. The summed E-state index contributed by atoms with van der Waals surface area (Å²) in [5.74, 6) is 1.46. The number of aryl methyl sites for hydroxylation is 1. The number of fused-ring (bicyclic) bond motifs is 3. The Morgan fingerprint density at radius 2 is 1.78 bits per heavy atom. The molecule has 0 aliphatic rings. The minimum Gasteiger partial charge on any atom is -0.493 e. The number of aromatic nitrogens is 2. The van der Waals surface area contributed by atoms with E-state index in [1.54, 1.807) is 14.2 Å². The topological polar surface area (TPSA) is 47.1 Å². The molecule has 0 aliphatic carbocycles. The summed E-state index contributed by atoms with van der Waals surface area (Å²) < 4.78 is 10.6. The lowest BCUT2D eigenvalue weighted by atomic mass is 10.1. The minimum atomic E-state index is 0.724. The summed E-state index contributed by atoms with van der Waals surface area (Å²) in [5.41, 5.74) is 3.07. The Hall–Kier alpha value is -2.23. The maximum Gasteiger partial charge on any atom is 0.162 e. The first-order chi connectivity index (χ1) is 8.74. The van der Waals surface area contributed by atoms with Gasteiger partial charge in [-0.15, -0.1) is 0 Å². The molecule has 0 spiro atoms. The van der Waals surface area contributed by atoms with Gasteiger partial charge < -0.3 is 14.5 Å². The first-order valence-electron chi connectivity index (χ1n) is 5.73. The third kappa shape index (κ3) is 1.42. The zero-order valence-corrected chi connectivity index (χ0v) is 10.6. The van der Waals surface area contributed by atoms with Crippen molar-refractivity contribution in [2.45, 2.75) is 6.92 Å². The summed E-state index contributed by atoms with van der Waals surface area (Å²) in [6.07, 6.45) is 1.82. The lowest BCUT2D eigenvalue weighted by Crippen LogP contribution is -1.89. The first-order valence-corrected chi connectivity index (χ1v) is 5.73. The van der Waals surface area contributed by atoms with Crippen LogP contribution in [-0.4, -0.2) is 24.2 Å². The Bertz CT molecular complexity index is 731. The van der Waals surface area contributed by atoms with Crippen molar-refractivity contribution in [3.8, 4) is 11.5 Å². The number of benzene rings is 1. The van der Waals surface area contributed by atoms with E-state index in [1.807, 2.05) is 31.3 Å². The van der Waals surface area contributed by atoms with Crippen LogP contribution in [0.1, 0.15) is 5.69 Å². The minimum absolute atomic E-state index is 0.724. The van der Waals surface area contributed by atoms with E-state index in [0.717, 1.165) is 39.0 Å². The van der Waals surface area contributed by atoms with E-state index < -0.39 is 0 Å². The second kappa shape index (κ2) is 3.91. The molecule has 0 saturated heterocycles. The van der Waals surface area contributed by atoms with Gasteiger partial charge in [-0.25, -0.2) is 0 Å². The summed E-state index contributed by atoms with van der Waals surface area (Å²) in [6.45, 7) is 1.99. The van der Waals surface area contributed by atoms with E-state index in [-0.39, 0.29) is 0 Å². The molecule has 0 fully saturated rings. The molecule has 1 aromatic carbocycles. The van der Waals surface area contributed by atoms with Crippen molar-refractivity contribution in [3.63, 3.8) is 0 Å². The van der Waals surface area contributed by atoms with Crippen LogP contribution in [0.15, 0.2) is 24.4 Å². The van der Waals surface area contributed by atoms with Gasteiger partial charge in [0.25, 0.3) is 0 Å². The number of ether oxygens (including phenoxy) is 2. The highest BCUT2D eigenvalue weighted by Gasteiger charge is 2.11. The molecule has 18 heavy (non-hydrogen) atoms. The van der Waals surface area contributed by atoms with Crippen molar-refractivity contribution in [2.75, 3.05) is 14.2 Å². The molecular weight excluding hydrogens is 228 g/mol. The molecule has 2 aromatic heterocycles. The zero-order chi connectivity index (χ0) is 12.7. The third-order valence-corrected chi connectivity index (χ3v) is 3.21. The molecule has 0 radical (unpaired) electrons. The molecule has 3 rings (SSSR count). The van der Waals surface area contributed by atoms with Crippen LogP contribution in [-0.2, 0) is 0 Å². The van der Waals surface area contributed by atoms with Crippen molar-refractivity contribution < 1.29 is 9.47 Å². The normalized spacial score (nSPS) is 11.1. The van der Waals surface area contributed by atoms with Crippen LogP contribution in [0.25, 0.3) is 21.8 Å². The van der Waals surface area contributed by atoms with Gasteiger partial charge in [0.1, 0.15) is 0 Å². The highest BCUT2D eigenvalue weighted by molar-refractivity contribution is 6.08. The van der Waals surface area contributed by atoms with Gasteiger partial charge in [-0.2, -0.15) is 0 Å². The Morgan fingerprint density at radius 3 is 2.50 bits per heavy atom. The summed E-state index contributed by atoms with van der Waals surface area (Å²) in [5, 5.41) is 2.27. The van der Waals surface area contributed by atoms with Crippen molar-refractivity contribution in [1.29, 1.82) is 0 Å². The molecule has 1 N–H and O–H groups in total. The fraction of sp³-hybridized carbons (Fsp3) is 0.214. The van der Waals surface area contributed by atoms with E-state index in [4.69, 9.17) is 9.47 Å². The molecule has 92 valence electrons. The molecule has 0 aliphatic heterocycles. The molecule has 0 amide bonds. The fourth-order valence-electron chi connectivity index (χ4n) is 2.29. The largest absolute Gasteiger partial charge is 0.493 e. The number of pyridine rings is 1. The van der Waals surface area contributed by atoms with Crippen molar-refractivity contribution in [2.24, 2.45) is 0 Å². The molecule has 0 bridgehead atoms. The summed E-state index contributed by atoms with van der Waals surface area (Å²) in [4.78, 5) is 7.67. The number of hydrogen-bond acceptors (Lipinski definition) is 3. The van der Waals surface area contributed by atoms with E-state index in [1.165, 1.54) is 0 Å². The molecule has 0 atom stereocenters. The van der Waals surface area contributed by atoms with E-state index >= 15 is 0 Å². The van der Waals surface area contributed by atoms with Gasteiger partial charge in [0.15, 0.2) is 11.5 Å². The van der Waals surface area contributed by atoms with E-state index in [9.17, 15) is 0 Å².